The number of benzene rings is 3. The second-order valence-corrected chi connectivity index (χ2v) is 30.5. The molecule has 0 radical (unpaired) electrons. The van der Waals surface area contributed by atoms with Crippen molar-refractivity contribution in [3.8, 4) is 11.1 Å². The van der Waals surface area contributed by atoms with E-state index < -0.39 is 53.7 Å². The molecule has 6 aliphatic rings. The maximum Gasteiger partial charge on any atom is 0.409 e. The highest BCUT2D eigenvalue weighted by Gasteiger charge is 2.58. The van der Waals surface area contributed by atoms with Crippen molar-refractivity contribution in [2.75, 3.05) is 115 Å². The highest BCUT2D eigenvalue weighted by molar-refractivity contribution is 7.22. The molecule has 4 aliphatic carbocycles. The average Bonchev–Trinajstić information content (AvgIpc) is 0.959. The van der Waals surface area contributed by atoms with Crippen LogP contribution in [0.4, 0.5) is 26.2 Å². The van der Waals surface area contributed by atoms with E-state index in [4.69, 9.17) is 44.2 Å². The molecule has 8 N–H and O–H groups in total. The van der Waals surface area contributed by atoms with E-state index in [1.807, 2.05) is 71.1 Å². The first-order valence-electron chi connectivity index (χ1n) is 37.7. The van der Waals surface area contributed by atoms with Gasteiger partial charge in [-0.1, -0.05) is 61.6 Å². The maximum atomic E-state index is 13.9. The zero-order valence-corrected chi connectivity index (χ0v) is 63.5. The molecular weight excluding hydrogens is 1440 g/mol. The second-order valence-electron chi connectivity index (χ2n) is 29.4. The lowest BCUT2D eigenvalue weighted by Crippen LogP contribution is -2.58. The fourth-order valence-corrected chi connectivity index (χ4v) is 16.8. The number of carbonyl (C=O) groups is 10. The Morgan fingerprint density at radius 2 is 1.47 bits per heavy atom. The van der Waals surface area contributed by atoms with Gasteiger partial charge in [-0.15, -0.1) is 0 Å². The van der Waals surface area contributed by atoms with Crippen molar-refractivity contribution in [1.82, 2.24) is 45.5 Å². The van der Waals surface area contributed by atoms with E-state index in [9.17, 15) is 53.1 Å². The Morgan fingerprint density at radius 1 is 0.764 bits per heavy atom. The van der Waals surface area contributed by atoms with Crippen LogP contribution in [0.25, 0.3) is 21.3 Å². The number of nitrogens with two attached hydrogens (primary N) is 1. The van der Waals surface area contributed by atoms with Gasteiger partial charge < -0.3 is 70.3 Å². The molecule has 6 aromatic rings. The third kappa shape index (κ3) is 21.7. The summed E-state index contributed by atoms with van der Waals surface area (Å²) in [5.74, 6) is -3.44. The number of carboxylic acids is 1. The monoisotopic (exact) mass is 1530 g/mol. The molecule has 4 saturated carbocycles. The van der Waals surface area contributed by atoms with E-state index in [1.54, 1.807) is 51.4 Å². The molecule has 3 aromatic carbocycles. The number of ketones is 1. The number of anilines is 3. The molecule has 2 unspecified atom stereocenters. The topological polar surface area (TPSA) is 386 Å². The summed E-state index contributed by atoms with van der Waals surface area (Å²) in [4.78, 5) is 142. The molecule has 9 amide bonds. The third-order valence-electron chi connectivity index (χ3n) is 21.0. The SMILES string of the molecule is Cc1c(-c2ccc(N3CCc4cccc(C(=O)Nc5nc6ccccc6s5)c4C3)nc2C(=O)O)cnn1CC12CC3CC(C1)CC(OCCN(C)C(=O)OCc1ccc(NC(=O)[C@H](CCCNC(N)=O)CC(=O)[C@@H](NC(=O)CCOCCOCCOCCOCCNC(=O)CCN4C(=O)C=CC4=O)C(C)C)cc1)(C3)C2. The smallest absolute Gasteiger partial charge is 0.409 e. The highest BCUT2D eigenvalue weighted by atomic mass is 32.1. The van der Waals surface area contributed by atoms with E-state index in [1.165, 1.54) is 28.4 Å². The lowest BCUT2D eigenvalue weighted by atomic mass is 9.48. The third-order valence-corrected chi connectivity index (χ3v) is 21.9. The van der Waals surface area contributed by atoms with Gasteiger partial charge >= 0.3 is 18.1 Å². The average molecular weight is 1530 g/mol. The van der Waals surface area contributed by atoms with Gasteiger partial charge in [0.25, 0.3) is 17.7 Å². The number of amides is 9. The van der Waals surface area contributed by atoms with Crippen LogP contribution in [-0.4, -0.2) is 205 Å². The lowest BCUT2D eigenvalue weighted by Gasteiger charge is -2.61. The van der Waals surface area contributed by atoms with Crippen LogP contribution < -0.4 is 37.2 Å². The van der Waals surface area contributed by atoms with Gasteiger partial charge in [-0.3, -0.25) is 48.5 Å². The first-order valence-corrected chi connectivity index (χ1v) is 38.5. The standard InChI is InChI=1S/C79H99N13O17S/c1-50(2)70(87-67(95)24-30-104-33-35-106-37-38-107-36-34-105-31-26-81-66(94)23-28-91-68(96)20-21-69(91)97)63(93)40-56(10-8-25-82-75(80)102)72(98)84-57-16-14-52(15-17-57)47-108-77(103)89(4)29-32-109-79-43-53-39-54(44-79)42-78(41-53,48-79)49-92-51(3)60(45-83-92)58-18-19-65(86-71(58)74(100)101)90-27-22-55-9-7-11-59(61(55)46-90)73(99)88-76-85-62-12-5-6-13-64(62)110-76/h5-7,9,11-21,45,50,53-54,56,70H,8,10,22-44,46-49H2,1-4H3,(H,81,94)(H,84,98)(H,87,95)(H,100,101)(H3,80,82,102)(H,85,88,99)/t53?,54?,56-,70+,78?,79?/m1/s1. The number of pyridine rings is 1. The molecule has 4 fully saturated rings. The van der Waals surface area contributed by atoms with Crippen LogP contribution >= 0.6 is 11.3 Å². The predicted octanol–water partition coefficient (Wildman–Crippen LogP) is 7.99. The molecule has 0 saturated heterocycles. The van der Waals surface area contributed by atoms with Crippen molar-refractivity contribution in [1.29, 1.82) is 0 Å². The number of nitrogens with zero attached hydrogens (tertiary/aromatic N) is 7. The molecule has 110 heavy (non-hydrogen) atoms. The van der Waals surface area contributed by atoms with Crippen molar-refractivity contribution < 1.29 is 81.5 Å². The quantitative estimate of drug-likeness (QED) is 0.0141. The van der Waals surface area contributed by atoms with Crippen molar-refractivity contribution in [3.05, 3.63) is 131 Å². The number of ether oxygens (including phenoxy) is 6. The Kier molecular flexibility index (Phi) is 28.0. The number of fused-ring (bicyclic) bond motifs is 2. The van der Waals surface area contributed by atoms with Crippen LogP contribution in [0, 0.1) is 36.0 Å². The summed E-state index contributed by atoms with van der Waals surface area (Å²) in [6.45, 7) is 10.2. The number of carbonyl (C=O) groups excluding carboxylic acids is 9. The summed E-state index contributed by atoms with van der Waals surface area (Å²) >= 11 is 1.41. The fourth-order valence-electron chi connectivity index (χ4n) is 15.9. The molecule has 12 rings (SSSR count). The minimum Gasteiger partial charge on any atom is -0.476 e. The summed E-state index contributed by atoms with van der Waals surface area (Å²) in [6, 6.07) is 22.3. The summed E-state index contributed by atoms with van der Waals surface area (Å²) in [5.41, 5.74) is 11.2. The molecule has 588 valence electrons. The van der Waals surface area contributed by atoms with E-state index in [0.29, 0.717) is 123 Å². The summed E-state index contributed by atoms with van der Waals surface area (Å²) in [7, 11) is 1.67. The number of urea groups is 1. The second kappa shape index (κ2) is 38.1. The Bertz CT molecular complexity index is 4270. The van der Waals surface area contributed by atoms with Gasteiger partial charge in [0.1, 0.15) is 12.4 Å². The van der Waals surface area contributed by atoms with Crippen LogP contribution in [0.2, 0.25) is 0 Å². The maximum absolute atomic E-state index is 13.9. The lowest BCUT2D eigenvalue weighted by molar-refractivity contribution is -0.197. The van der Waals surface area contributed by atoms with Crippen molar-refractivity contribution in [2.24, 2.45) is 34.8 Å². The molecule has 5 heterocycles. The van der Waals surface area contributed by atoms with E-state index >= 15 is 0 Å². The number of aromatic nitrogens is 4. The molecule has 2 aliphatic heterocycles. The molecule has 0 spiro atoms. The van der Waals surface area contributed by atoms with Crippen LogP contribution in [0.3, 0.4) is 0 Å². The number of aromatic carboxylic acids is 1. The number of imide groups is 1. The minimum absolute atomic E-state index is 0.00119. The number of para-hydroxylation sites is 1. The van der Waals surface area contributed by atoms with Crippen molar-refractivity contribution >= 4 is 97.5 Å². The van der Waals surface area contributed by atoms with E-state index in [0.717, 1.165) is 70.5 Å². The number of primary amides is 1. The molecule has 4 atom stereocenters. The minimum atomic E-state index is -1.15. The van der Waals surface area contributed by atoms with Gasteiger partial charge in [-0.05, 0) is 147 Å². The van der Waals surface area contributed by atoms with Crippen molar-refractivity contribution in [2.45, 2.75) is 129 Å². The predicted molar refractivity (Wildman–Crippen MR) is 408 cm³/mol. The number of carboxylic acid groups (broad SMARTS) is 1. The summed E-state index contributed by atoms with van der Waals surface area (Å²) < 4.78 is 37.7. The largest absolute Gasteiger partial charge is 0.476 e. The summed E-state index contributed by atoms with van der Waals surface area (Å²) in [5, 5.41) is 30.0. The molecular formula is C79H99N13O17S. The normalized spacial score (nSPS) is 18.8. The van der Waals surface area contributed by atoms with Crippen LogP contribution in [-0.2, 0) is 83.3 Å². The molecule has 30 nitrogen and oxygen atoms in total. The highest BCUT2D eigenvalue weighted by Crippen LogP contribution is 2.63. The van der Waals surface area contributed by atoms with Gasteiger partial charge in [0.2, 0.25) is 17.7 Å². The van der Waals surface area contributed by atoms with E-state index in [-0.39, 0.29) is 119 Å². The Balaban J connectivity index is 0.585. The van der Waals surface area contributed by atoms with Gasteiger partial charge in [-0.2, -0.15) is 5.10 Å². The number of nitrogens with one attached hydrogen (secondary N) is 5. The number of likely N-dealkylation sites (N-methyl/N-ethyl adjacent to an activating group) is 1. The number of rotatable bonds is 42. The van der Waals surface area contributed by atoms with Crippen LogP contribution in [0.1, 0.15) is 128 Å². The zero-order chi connectivity index (χ0) is 77.9. The number of Topliss-reactive ketones (excluding diaryl/α,β-unsaturated/α-hetero) is 1. The van der Waals surface area contributed by atoms with Gasteiger partial charge in [0, 0.05) is 118 Å². The molecule has 31 heteroatoms. The van der Waals surface area contributed by atoms with Gasteiger partial charge in [0.15, 0.2) is 16.6 Å². The Morgan fingerprint density at radius 3 is 2.17 bits per heavy atom. The van der Waals surface area contributed by atoms with Gasteiger partial charge in [-0.25, -0.2) is 24.4 Å². The van der Waals surface area contributed by atoms with E-state index in [2.05, 4.69) is 31.6 Å². The summed E-state index contributed by atoms with van der Waals surface area (Å²) in [6.07, 6.45) is 10.5. The number of hydrogen-bond donors (Lipinski definition) is 7. The number of hydrogen-bond acceptors (Lipinski definition) is 21. The molecule has 4 bridgehead atoms. The number of thiazole rings is 1. The first-order chi connectivity index (χ1) is 53.0. The Hall–Kier alpha value is -10.0. The molecule has 3 aromatic heterocycles. The fraction of sp³-hybridized carbons (Fsp3) is 0.506. The van der Waals surface area contributed by atoms with Gasteiger partial charge in [0.05, 0.1) is 87.5 Å². The van der Waals surface area contributed by atoms with Crippen LogP contribution in [0.15, 0.2) is 97.2 Å². The van der Waals surface area contributed by atoms with Crippen molar-refractivity contribution in [3.63, 3.8) is 0 Å². The van der Waals surface area contributed by atoms with Crippen LogP contribution in [0.5, 0.6) is 0 Å². The zero-order valence-electron chi connectivity index (χ0n) is 62.7. The first kappa shape index (κ1) is 81.0. The Labute approximate surface area is 642 Å².